The van der Waals surface area contributed by atoms with Crippen LogP contribution in [0.2, 0.25) is 0 Å². The molecule has 0 bridgehead atoms. The zero-order chi connectivity index (χ0) is 15.1. The Morgan fingerprint density at radius 1 is 1.30 bits per heavy atom. The van der Waals surface area contributed by atoms with E-state index in [1.54, 1.807) is 13.0 Å². The molecule has 0 heterocycles. The van der Waals surface area contributed by atoms with Crippen molar-refractivity contribution in [2.24, 2.45) is 0 Å². The van der Waals surface area contributed by atoms with Crippen molar-refractivity contribution < 1.29 is 4.39 Å². The van der Waals surface area contributed by atoms with Crippen molar-refractivity contribution in [1.82, 2.24) is 10.2 Å². The van der Waals surface area contributed by atoms with Crippen LogP contribution in [-0.4, -0.2) is 31.6 Å². The molecule has 0 saturated heterocycles. The Labute approximate surface area is 123 Å². The summed E-state index contributed by atoms with van der Waals surface area (Å²) in [5, 5.41) is 3.30. The maximum absolute atomic E-state index is 13.7. The number of nitrogens with zero attached hydrogens (tertiary/aromatic N) is 1. The molecule has 20 heavy (non-hydrogen) atoms. The molecule has 0 spiro atoms. The molecule has 1 rings (SSSR count). The van der Waals surface area contributed by atoms with Crippen LogP contribution in [0, 0.1) is 12.7 Å². The van der Waals surface area contributed by atoms with Crippen LogP contribution in [0.25, 0.3) is 0 Å². The van der Waals surface area contributed by atoms with Gasteiger partial charge in [-0.2, -0.15) is 0 Å². The lowest BCUT2D eigenvalue weighted by atomic mass is 10.0. The third-order valence-corrected chi connectivity index (χ3v) is 4.18. The lowest BCUT2D eigenvalue weighted by Gasteiger charge is -2.27. The number of hydrogen-bond acceptors (Lipinski definition) is 2. The SMILES string of the molecule is CCCC(C)N(C)CCC(NC)c1ccc(C)c(F)c1. The van der Waals surface area contributed by atoms with Crippen molar-refractivity contribution in [1.29, 1.82) is 0 Å². The van der Waals surface area contributed by atoms with Crippen molar-refractivity contribution in [2.45, 2.75) is 52.1 Å². The van der Waals surface area contributed by atoms with E-state index >= 15 is 0 Å². The number of rotatable bonds is 8. The number of hydrogen-bond donors (Lipinski definition) is 1. The fourth-order valence-electron chi connectivity index (χ4n) is 2.49. The van der Waals surface area contributed by atoms with Gasteiger partial charge in [-0.15, -0.1) is 0 Å². The summed E-state index contributed by atoms with van der Waals surface area (Å²) in [6, 6.07) is 6.35. The molecule has 0 aliphatic carbocycles. The molecule has 0 radical (unpaired) electrons. The number of halogens is 1. The fraction of sp³-hybridized carbons (Fsp3) is 0.647. The van der Waals surface area contributed by atoms with Crippen molar-refractivity contribution >= 4 is 0 Å². The fourth-order valence-corrected chi connectivity index (χ4v) is 2.49. The second-order valence-electron chi connectivity index (χ2n) is 5.76. The van der Waals surface area contributed by atoms with Gasteiger partial charge in [0.15, 0.2) is 0 Å². The van der Waals surface area contributed by atoms with Crippen molar-refractivity contribution in [2.75, 3.05) is 20.6 Å². The molecule has 0 amide bonds. The monoisotopic (exact) mass is 280 g/mol. The van der Waals surface area contributed by atoms with Gasteiger partial charge in [0.1, 0.15) is 5.82 Å². The van der Waals surface area contributed by atoms with Crippen LogP contribution in [-0.2, 0) is 0 Å². The van der Waals surface area contributed by atoms with E-state index in [4.69, 9.17) is 0 Å². The summed E-state index contributed by atoms with van der Waals surface area (Å²) in [7, 11) is 4.11. The zero-order valence-electron chi connectivity index (χ0n) is 13.5. The van der Waals surface area contributed by atoms with Gasteiger partial charge in [-0.25, -0.2) is 4.39 Å². The lowest BCUT2D eigenvalue weighted by molar-refractivity contribution is 0.232. The lowest BCUT2D eigenvalue weighted by Crippen LogP contribution is -2.32. The molecule has 1 N–H and O–H groups in total. The first-order chi connectivity index (χ1) is 9.49. The highest BCUT2D eigenvalue weighted by Gasteiger charge is 2.14. The van der Waals surface area contributed by atoms with E-state index < -0.39 is 0 Å². The topological polar surface area (TPSA) is 15.3 Å². The molecule has 0 aromatic heterocycles. The quantitative estimate of drug-likeness (QED) is 0.777. The predicted octanol–water partition coefficient (Wildman–Crippen LogP) is 3.91. The van der Waals surface area contributed by atoms with Crippen molar-refractivity contribution in [3.05, 3.63) is 35.1 Å². The molecule has 3 heteroatoms. The van der Waals surface area contributed by atoms with E-state index in [9.17, 15) is 4.39 Å². The van der Waals surface area contributed by atoms with Gasteiger partial charge < -0.3 is 10.2 Å². The van der Waals surface area contributed by atoms with Crippen LogP contribution in [0.3, 0.4) is 0 Å². The van der Waals surface area contributed by atoms with Gasteiger partial charge in [0.25, 0.3) is 0 Å². The first-order valence-corrected chi connectivity index (χ1v) is 7.63. The standard InChI is InChI=1S/C17H29FN2/c1-6-7-14(3)20(5)11-10-17(19-4)15-9-8-13(2)16(18)12-15/h8-9,12,14,17,19H,6-7,10-11H2,1-5H3. The van der Waals surface area contributed by atoms with E-state index in [1.165, 1.54) is 12.8 Å². The van der Waals surface area contributed by atoms with Gasteiger partial charge in [0, 0.05) is 12.1 Å². The molecule has 1 aromatic rings. The predicted molar refractivity (Wildman–Crippen MR) is 84.6 cm³/mol. The minimum absolute atomic E-state index is 0.115. The van der Waals surface area contributed by atoms with Gasteiger partial charge in [-0.1, -0.05) is 25.5 Å². The van der Waals surface area contributed by atoms with E-state index in [2.05, 4.69) is 31.1 Å². The third kappa shape index (κ3) is 4.88. The Morgan fingerprint density at radius 2 is 2.00 bits per heavy atom. The molecule has 2 unspecified atom stereocenters. The van der Waals surface area contributed by atoms with Crippen LogP contribution >= 0.6 is 0 Å². The summed E-state index contributed by atoms with van der Waals surface area (Å²) in [5.74, 6) is -0.115. The van der Waals surface area contributed by atoms with Gasteiger partial charge in [-0.05, 0) is 64.5 Å². The third-order valence-electron chi connectivity index (χ3n) is 4.18. The molecule has 2 atom stereocenters. The Balaban J connectivity index is 2.61. The summed E-state index contributed by atoms with van der Waals surface area (Å²) in [4.78, 5) is 2.39. The number of aryl methyl sites for hydroxylation is 1. The minimum atomic E-state index is -0.115. The second-order valence-corrected chi connectivity index (χ2v) is 5.76. The van der Waals surface area contributed by atoms with E-state index in [1.807, 2.05) is 19.2 Å². The first-order valence-electron chi connectivity index (χ1n) is 7.63. The second kappa shape index (κ2) is 8.38. The Bertz CT molecular complexity index is 406. The number of benzene rings is 1. The summed E-state index contributed by atoms with van der Waals surface area (Å²) >= 11 is 0. The molecule has 0 fully saturated rings. The normalized spacial score (nSPS) is 14.6. The summed E-state index contributed by atoms with van der Waals surface area (Å²) in [5.41, 5.74) is 1.74. The molecule has 1 aromatic carbocycles. The van der Waals surface area contributed by atoms with Crippen LogP contribution in [0.5, 0.6) is 0 Å². The van der Waals surface area contributed by atoms with Crippen LogP contribution in [0.1, 0.15) is 50.3 Å². The van der Waals surface area contributed by atoms with Crippen LogP contribution in [0.4, 0.5) is 4.39 Å². The van der Waals surface area contributed by atoms with Crippen molar-refractivity contribution in [3.63, 3.8) is 0 Å². The molecule has 0 aliphatic heterocycles. The highest BCUT2D eigenvalue weighted by atomic mass is 19.1. The molecule has 0 saturated carbocycles. The highest BCUT2D eigenvalue weighted by molar-refractivity contribution is 5.25. The smallest absolute Gasteiger partial charge is 0.126 e. The molecular formula is C17H29FN2. The average Bonchev–Trinajstić information content (AvgIpc) is 2.43. The average molecular weight is 280 g/mol. The van der Waals surface area contributed by atoms with Crippen molar-refractivity contribution in [3.8, 4) is 0 Å². The Kier molecular flexibility index (Phi) is 7.17. The zero-order valence-corrected chi connectivity index (χ0v) is 13.5. The maximum Gasteiger partial charge on any atom is 0.126 e. The Hall–Kier alpha value is -0.930. The van der Waals surface area contributed by atoms with Gasteiger partial charge in [0.2, 0.25) is 0 Å². The molecule has 114 valence electrons. The van der Waals surface area contributed by atoms with E-state index in [-0.39, 0.29) is 11.9 Å². The van der Waals surface area contributed by atoms with Crippen LogP contribution < -0.4 is 5.32 Å². The maximum atomic E-state index is 13.7. The van der Waals surface area contributed by atoms with Gasteiger partial charge in [-0.3, -0.25) is 0 Å². The van der Waals surface area contributed by atoms with Gasteiger partial charge >= 0.3 is 0 Å². The molecular weight excluding hydrogens is 251 g/mol. The van der Waals surface area contributed by atoms with Gasteiger partial charge in [0.05, 0.1) is 0 Å². The van der Waals surface area contributed by atoms with E-state index in [0.717, 1.165) is 18.5 Å². The van der Waals surface area contributed by atoms with Crippen LogP contribution in [0.15, 0.2) is 18.2 Å². The Morgan fingerprint density at radius 3 is 2.55 bits per heavy atom. The summed E-state index contributed by atoms with van der Waals surface area (Å²) < 4.78 is 13.7. The summed E-state index contributed by atoms with van der Waals surface area (Å²) in [6.45, 7) is 7.30. The number of nitrogens with one attached hydrogen (secondary N) is 1. The molecule has 2 nitrogen and oxygen atoms in total. The summed E-state index contributed by atoms with van der Waals surface area (Å²) in [6.07, 6.45) is 3.42. The van der Waals surface area contributed by atoms with E-state index in [0.29, 0.717) is 11.6 Å². The molecule has 0 aliphatic rings. The first kappa shape index (κ1) is 17.1. The minimum Gasteiger partial charge on any atom is -0.313 e. The highest BCUT2D eigenvalue weighted by Crippen LogP contribution is 2.20. The largest absolute Gasteiger partial charge is 0.313 e.